The molecule has 2 rings (SSSR count). The Kier molecular flexibility index (Phi) is 4.63. The Hall–Kier alpha value is -1.87. The first-order valence-electron chi connectivity index (χ1n) is 7.13. The van der Waals surface area contributed by atoms with Gasteiger partial charge in [-0.2, -0.15) is 0 Å². The number of nitrogens with one attached hydrogen (secondary N) is 1. The van der Waals surface area contributed by atoms with Crippen LogP contribution in [0.5, 0.6) is 11.5 Å². The van der Waals surface area contributed by atoms with Gasteiger partial charge in [0.05, 0.1) is 0 Å². The van der Waals surface area contributed by atoms with E-state index in [9.17, 15) is 4.39 Å². The van der Waals surface area contributed by atoms with E-state index in [2.05, 4.69) is 26.1 Å². The van der Waals surface area contributed by atoms with E-state index in [1.54, 1.807) is 19.2 Å². The Morgan fingerprint density at radius 1 is 1.00 bits per heavy atom. The lowest BCUT2D eigenvalue weighted by molar-refractivity contribution is 0.442. The van der Waals surface area contributed by atoms with Crippen LogP contribution >= 0.6 is 0 Å². The van der Waals surface area contributed by atoms with Crippen molar-refractivity contribution >= 4 is 0 Å². The zero-order valence-corrected chi connectivity index (χ0v) is 13.0. The number of para-hydroxylation sites is 1. The van der Waals surface area contributed by atoms with Crippen LogP contribution in [0.3, 0.4) is 0 Å². The number of ether oxygens (including phenoxy) is 1. The Balaban J connectivity index is 2.42. The zero-order valence-electron chi connectivity index (χ0n) is 13.0. The number of benzene rings is 2. The summed E-state index contributed by atoms with van der Waals surface area (Å²) in [5, 5.41) is 2.98. The van der Waals surface area contributed by atoms with Gasteiger partial charge in [0.1, 0.15) is 17.3 Å². The minimum Gasteiger partial charge on any atom is -0.457 e. The molecule has 2 nitrogen and oxygen atoms in total. The second-order valence-electron chi connectivity index (χ2n) is 6.10. The molecule has 0 amide bonds. The molecule has 2 aromatic carbocycles. The van der Waals surface area contributed by atoms with E-state index in [-0.39, 0.29) is 11.2 Å². The minimum absolute atomic E-state index is 0.0346. The molecule has 0 saturated carbocycles. The largest absolute Gasteiger partial charge is 0.457 e. The topological polar surface area (TPSA) is 21.3 Å². The van der Waals surface area contributed by atoms with E-state index in [0.717, 1.165) is 11.3 Å². The van der Waals surface area contributed by atoms with Crippen LogP contribution in [0.15, 0.2) is 42.5 Å². The molecule has 3 heteroatoms. The normalized spacial score (nSPS) is 11.5. The maximum atomic E-state index is 14.0. The summed E-state index contributed by atoms with van der Waals surface area (Å²) >= 11 is 0. The summed E-state index contributed by atoms with van der Waals surface area (Å²) in [7, 11) is 1.79. The molecule has 0 radical (unpaired) electrons. The lowest BCUT2D eigenvalue weighted by Crippen LogP contribution is -2.13. The highest BCUT2D eigenvalue weighted by Gasteiger charge is 2.19. The molecule has 0 spiro atoms. The fourth-order valence-corrected chi connectivity index (χ4v) is 2.28. The van der Waals surface area contributed by atoms with Gasteiger partial charge in [-0.3, -0.25) is 0 Å². The molecule has 0 bridgehead atoms. The van der Waals surface area contributed by atoms with Crippen molar-refractivity contribution in [2.24, 2.45) is 0 Å². The van der Waals surface area contributed by atoms with Crippen LogP contribution in [-0.2, 0) is 12.0 Å². The first kappa shape index (κ1) is 15.5. The van der Waals surface area contributed by atoms with Crippen LogP contribution in [0, 0.1) is 5.82 Å². The maximum Gasteiger partial charge on any atom is 0.134 e. The van der Waals surface area contributed by atoms with Crippen molar-refractivity contribution in [2.75, 3.05) is 7.05 Å². The SMILES string of the molecule is CNCc1c(F)cccc1Oc1ccccc1C(C)(C)C. The van der Waals surface area contributed by atoms with Crippen LogP contribution in [0.2, 0.25) is 0 Å². The van der Waals surface area contributed by atoms with Crippen molar-refractivity contribution < 1.29 is 9.13 Å². The summed E-state index contributed by atoms with van der Waals surface area (Å²) in [5.41, 5.74) is 1.61. The van der Waals surface area contributed by atoms with Crippen molar-refractivity contribution in [3.8, 4) is 11.5 Å². The number of hydrogen-bond acceptors (Lipinski definition) is 2. The van der Waals surface area contributed by atoms with Crippen LogP contribution in [0.4, 0.5) is 4.39 Å². The van der Waals surface area contributed by atoms with Gasteiger partial charge in [-0.15, -0.1) is 0 Å². The van der Waals surface area contributed by atoms with E-state index >= 15 is 0 Å². The second-order valence-corrected chi connectivity index (χ2v) is 6.10. The minimum atomic E-state index is -0.255. The second kappa shape index (κ2) is 6.27. The number of hydrogen-bond donors (Lipinski definition) is 1. The predicted octanol–water partition coefficient (Wildman–Crippen LogP) is 4.63. The molecule has 0 heterocycles. The standard InChI is InChI=1S/C18H22FNO/c1-18(2,3)14-8-5-6-10-17(14)21-16-11-7-9-15(19)13(16)12-20-4/h5-11,20H,12H2,1-4H3. The summed E-state index contributed by atoms with van der Waals surface area (Å²) in [6.45, 7) is 6.83. The molecule has 0 aliphatic carbocycles. The lowest BCUT2D eigenvalue weighted by Gasteiger charge is -2.23. The molecule has 21 heavy (non-hydrogen) atoms. The fourth-order valence-electron chi connectivity index (χ4n) is 2.28. The van der Waals surface area contributed by atoms with Crippen molar-refractivity contribution in [3.05, 3.63) is 59.4 Å². The van der Waals surface area contributed by atoms with Gasteiger partial charge in [-0.25, -0.2) is 4.39 Å². The van der Waals surface area contributed by atoms with Gasteiger partial charge in [0.2, 0.25) is 0 Å². The Morgan fingerprint density at radius 2 is 1.67 bits per heavy atom. The van der Waals surface area contributed by atoms with Crippen LogP contribution in [-0.4, -0.2) is 7.05 Å². The van der Waals surface area contributed by atoms with Crippen molar-refractivity contribution in [1.29, 1.82) is 0 Å². The molecule has 0 aliphatic heterocycles. The number of halogens is 1. The third-order valence-corrected chi connectivity index (χ3v) is 3.34. The molecule has 0 atom stereocenters. The van der Waals surface area contributed by atoms with Gasteiger partial charge in [0.15, 0.2) is 0 Å². The Bertz CT molecular complexity index is 617. The molecule has 0 aliphatic rings. The van der Waals surface area contributed by atoms with Crippen molar-refractivity contribution in [1.82, 2.24) is 5.32 Å². The van der Waals surface area contributed by atoms with Crippen molar-refractivity contribution in [3.63, 3.8) is 0 Å². The lowest BCUT2D eigenvalue weighted by atomic mass is 9.86. The highest BCUT2D eigenvalue weighted by molar-refractivity contribution is 5.44. The third-order valence-electron chi connectivity index (χ3n) is 3.34. The van der Waals surface area contributed by atoms with Gasteiger partial charge in [0, 0.05) is 17.7 Å². The van der Waals surface area contributed by atoms with Gasteiger partial charge < -0.3 is 10.1 Å². The zero-order chi connectivity index (χ0) is 15.5. The summed E-state index contributed by atoms with van der Waals surface area (Å²) in [5.74, 6) is 1.07. The first-order chi connectivity index (χ1) is 9.93. The predicted molar refractivity (Wildman–Crippen MR) is 84.4 cm³/mol. The highest BCUT2D eigenvalue weighted by atomic mass is 19.1. The number of rotatable bonds is 4. The average molecular weight is 287 g/mol. The summed E-state index contributed by atoms with van der Waals surface area (Å²) in [4.78, 5) is 0. The van der Waals surface area contributed by atoms with Crippen LogP contribution in [0.25, 0.3) is 0 Å². The molecule has 0 saturated heterocycles. The van der Waals surface area contributed by atoms with E-state index in [4.69, 9.17) is 4.74 Å². The smallest absolute Gasteiger partial charge is 0.134 e. The van der Waals surface area contributed by atoms with Gasteiger partial charge >= 0.3 is 0 Å². The molecule has 0 aromatic heterocycles. The van der Waals surface area contributed by atoms with Gasteiger partial charge in [-0.1, -0.05) is 45.0 Å². The quantitative estimate of drug-likeness (QED) is 0.885. The van der Waals surface area contributed by atoms with Gasteiger partial charge in [0.25, 0.3) is 0 Å². The molecule has 0 fully saturated rings. The molecule has 112 valence electrons. The molecular formula is C18H22FNO. The molecule has 2 aromatic rings. The summed E-state index contributed by atoms with van der Waals surface area (Å²) < 4.78 is 20.0. The van der Waals surface area contributed by atoms with Crippen LogP contribution < -0.4 is 10.1 Å². The monoisotopic (exact) mass is 287 g/mol. The van der Waals surface area contributed by atoms with E-state index < -0.39 is 0 Å². The molecule has 0 unspecified atom stereocenters. The van der Waals surface area contributed by atoms with Crippen molar-refractivity contribution in [2.45, 2.75) is 32.7 Å². The van der Waals surface area contributed by atoms with Crippen LogP contribution in [0.1, 0.15) is 31.9 Å². The summed E-state index contributed by atoms with van der Waals surface area (Å²) in [6, 6.07) is 12.8. The van der Waals surface area contributed by atoms with E-state index in [0.29, 0.717) is 17.9 Å². The Labute approximate surface area is 126 Å². The summed E-state index contributed by atoms with van der Waals surface area (Å²) in [6.07, 6.45) is 0. The van der Waals surface area contributed by atoms with Gasteiger partial charge in [-0.05, 0) is 30.7 Å². The Morgan fingerprint density at radius 3 is 2.33 bits per heavy atom. The van der Waals surface area contributed by atoms with E-state index in [1.165, 1.54) is 6.07 Å². The molecular weight excluding hydrogens is 265 g/mol. The average Bonchev–Trinajstić information content (AvgIpc) is 2.42. The first-order valence-corrected chi connectivity index (χ1v) is 7.13. The van der Waals surface area contributed by atoms with E-state index in [1.807, 2.05) is 24.3 Å². The highest BCUT2D eigenvalue weighted by Crippen LogP contribution is 2.35. The fraction of sp³-hybridized carbons (Fsp3) is 0.333. The molecule has 1 N–H and O–H groups in total. The third kappa shape index (κ3) is 3.61. The maximum absolute atomic E-state index is 14.0.